The summed E-state index contributed by atoms with van der Waals surface area (Å²) in [5.41, 5.74) is 0.994. The average Bonchev–Trinajstić information content (AvgIpc) is 2.15. The molecule has 0 aliphatic heterocycles. The number of carboxylic acid groups (broad SMARTS) is 1. The number of hydrogen-bond donors (Lipinski definition) is 3. The van der Waals surface area contributed by atoms with E-state index in [9.17, 15) is 4.79 Å². The minimum absolute atomic E-state index is 0.206. The van der Waals surface area contributed by atoms with Gasteiger partial charge in [-0.05, 0) is 30.7 Å². The van der Waals surface area contributed by atoms with Crippen molar-refractivity contribution < 1.29 is 9.90 Å². The maximum Gasteiger partial charge on any atom is 0.303 e. The summed E-state index contributed by atoms with van der Waals surface area (Å²) in [7, 11) is 0. The Labute approximate surface area is 88.6 Å². The van der Waals surface area contributed by atoms with Crippen LogP contribution in [0.4, 0.5) is 5.69 Å². The van der Waals surface area contributed by atoms with Crippen molar-refractivity contribution in [2.24, 2.45) is 0 Å². The summed E-state index contributed by atoms with van der Waals surface area (Å²) < 4.78 is 0. The van der Waals surface area contributed by atoms with Gasteiger partial charge in [0.05, 0.1) is 0 Å². The zero-order valence-corrected chi connectivity index (χ0v) is 8.63. The van der Waals surface area contributed by atoms with Crippen LogP contribution in [0.15, 0.2) is 29.2 Å². The molecule has 0 amide bonds. The van der Waals surface area contributed by atoms with E-state index in [1.165, 1.54) is 0 Å². The van der Waals surface area contributed by atoms with Crippen molar-refractivity contribution in [2.45, 2.75) is 17.7 Å². The molecule has 1 aromatic carbocycles. The molecule has 0 atom stereocenters. The summed E-state index contributed by atoms with van der Waals surface area (Å²) in [5, 5.41) is 11.5. The lowest BCUT2D eigenvalue weighted by Crippen LogP contribution is -2.04. The van der Waals surface area contributed by atoms with Crippen LogP contribution in [0.3, 0.4) is 0 Å². The van der Waals surface area contributed by atoms with E-state index in [-0.39, 0.29) is 6.42 Å². The van der Waals surface area contributed by atoms with Crippen LogP contribution < -0.4 is 5.32 Å². The third-order valence-corrected chi connectivity index (χ3v) is 2.06. The van der Waals surface area contributed by atoms with Crippen molar-refractivity contribution in [2.75, 3.05) is 11.9 Å². The van der Waals surface area contributed by atoms with E-state index >= 15 is 0 Å². The molecule has 1 aromatic rings. The second-order valence-electron chi connectivity index (χ2n) is 2.97. The molecular weight excluding hydrogens is 198 g/mol. The zero-order valence-electron chi connectivity index (χ0n) is 7.73. The first-order valence-electron chi connectivity index (χ1n) is 4.43. The van der Waals surface area contributed by atoms with Gasteiger partial charge in [-0.1, -0.05) is 0 Å². The van der Waals surface area contributed by atoms with Gasteiger partial charge in [-0.3, -0.25) is 4.79 Å². The van der Waals surface area contributed by atoms with Crippen LogP contribution in [-0.4, -0.2) is 17.6 Å². The quantitative estimate of drug-likeness (QED) is 0.517. The summed E-state index contributed by atoms with van der Waals surface area (Å²) in [5.74, 6) is -0.752. The fourth-order valence-corrected chi connectivity index (χ4v) is 1.20. The minimum atomic E-state index is -0.752. The summed E-state index contributed by atoms with van der Waals surface area (Å²) in [4.78, 5) is 11.1. The standard InChI is InChI=1S/C10H13NO2S/c12-10(13)2-1-7-11-8-3-5-9(14)6-4-8/h3-6,11,14H,1-2,7H2,(H,12,13). The third kappa shape index (κ3) is 4.18. The summed E-state index contributed by atoms with van der Waals surface area (Å²) in [6.07, 6.45) is 0.843. The van der Waals surface area contributed by atoms with Crippen molar-refractivity contribution in [1.82, 2.24) is 0 Å². The topological polar surface area (TPSA) is 49.3 Å². The highest BCUT2D eigenvalue weighted by atomic mass is 32.1. The Morgan fingerprint density at radius 2 is 2.00 bits per heavy atom. The van der Waals surface area contributed by atoms with E-state index in [2.05, 4.69) is 17.9 Å². The average molecular weight is 211 g/mol. The smallest absolute Gasteiger partial charge is 0.303 e. The molecular formula is C10H13NO2S. The van der Waals surface area contributed by atoms with Gasteiger partial charge in [-0.25, -0.2) is 0 Å². The molecule has 0 aromatic heterocycles. The van der Waals surface area contributed by atoms with E-state index in [0.29, 0.717) is 13.0 Å². The molecule has 14 heavy (non-hydrogen) atoms. The first-order chi connectivity index (χ1) is 6.68. The number of aliphatic carboxylic acids is 1. The van der Waals surface area contributed by atoms with Crippen molar-refractivity contribution in [3.63, 3.8) is 0 Å². The SMILES string of the molecule is O=C(O)CCCNc1ccc(S)cc1. The van der Waals surface area contributed by atoms with Crippen LogP contribution in [0.2, 0.25) is 0 Å². The van der Waals surface area contributed by atoms with Gasteiger partial charge in [0.2, 0.25) is 0 Å². The highest BCUT2D eigenvalue weighted by molar-refractivity contribution is 7.80. The molecule has 0 aliphatic carbocycles. The second-order valence-corrected chi connectivity index (χ2v) is 3.49. The highest BCUT2D eigenvalue weighted by Gasteiger charge is 1.96. The Morgan fingerprint density at radius 1 is 1.36 bits per heavy atom. The predicted octanol–water partition coefficient (Wildman–Crippen LogP) is 2.25. The van der Waals surface area contributed by atoms with Gasteiger partial charge in [0.15, 0.2) is 0 Å². The third-order valence-electron chi connectivity index (χ3n) is 1.76. The Hall–Kier alpha value is -1.16. The van der Waals surface area contributed by atoms with E-state index in [1.807, 2.05) is 24.3 Å². The molecule has 0 aliphatic rings. The van der Waals surface area contributed by atoms with Gasteiger partial charge in [-0.2, -0.15) is 0 Å². The number of carboxylic acids is 1. The second kappa shape index (κ2) is 5.54. The van der Waals surface area contributed by atoms with Crippen LogP contribution in [0, 0.1) is 0 Å². The lowest BCUT2D eigenvalue weighted by Gasteiger charge is -2.04. The molecule has 2 N–H and O–H groups in total. The molecule has 4 heteroatoms. The number of hydrogen-bond acceptors (Lipinski definition) is 3. The predicted molar refractivity (Wildman–Crippen MR) is 59.1 cm³/mol. The number of rotatable bonds is 5. The van der Waals surface area contributed by atoms with Crippen LogP contribution >= 0.6 is 12.6 Å². The van der Waals surface area contributed by atoms with Crippen molar-refractivity contribution in [3.05, 3.63) is 24.3 Å². The molecule has 0 radical (unpaired) electrons. The van der Waals surface area contributed by atoms with Crippen LogP contribution in [0.5, 0.6) is 0 Å². The fourth-order valence-electron chi connectivity index (χ4n) is 1.05. The van der Waals surface area contributed by atoms with Crippen LogP contribution in [0.25, 0.3) is 0 Å². The molecule has 0 unspecified atom stereocenters. The molecule has 0 fully saturated rings. The van der Waals surface area contributed by atoms with Gasteiger partial charge in [0, 0.05) is 23.5 Å². The Morgan fingerprint density at radius 3 is 2.57 bits per heavy atom. The first-order valence-corrected chi connectivity index (χ1v) is 4.88. The zero-order chi connectivity index (χ0) is 10.4. The van der Waals surface area contributed by atoms with Gasteiger partial charge in [-0.15, -0.1) is 12.6 Å². The monoisotopic (exact) mass is 211 g/mol. The van der Waals surface area contributed by atoms with Crippen molar-refractivity contribution in [1.29, 1.82) is 0 Å². The molecule has 0 saturated heterocycles. The molecule has 0 heterocycles. The number of carbonyl (C=O) groups is 1. The fraction of sp³-hybridized carbons (Fsp3) is 0.300. The largest absolute Gasteiger partial charge is 0.481 e. The molecule has 3 nitrogen and oxygen atoms in total. The van der Waals surface area contributed by atoms with Gasteiger partial charge in [0.1, 0.15) is 0 Å². The Bertz CT molecular complexity index is 297. The first kappa shape index (κ1) is 10.9. The molecule has 0 saturated carbocycles. The maximum atomic E-state index is 10.2. The molecule has 0 spiro atoms. The number of thiol groups is 1. The summed E-state index contributed by atoms with van der Waals surface area (Å²) >= 11 is 4.16. The van der Waals surface area contributed by atoms with E-state index in [4.69, 9.17) is 5.11 Å². The molecule has 76 valence electrons. The van der Waals surface area contributed by atoms with Gasteiger partial charge in [0.25, 0.3) is 0 Å². The number of nitrogens with one attached hydrogen (secondary N) is 1. The van der Waals surface area contributed by atoms with Crippen LogP contribution in [-0.2, 0) is 4.79 Å². The lowest BCUT2D eigenvalue weighted by molar-refractivity contribution is -0.137. The minimum Gasteiger partial charge on any atom is -0.481 e. The summed E-state index contributed by atoms with van der Waals surface area (Å²) in [6, 6.07) is 7.62. The number of benzene rings is 1. The maximum absolute atomic E-state index is 10.2. The Kier molecular flexibility index (Phi) is 4.32. The van der Waals surface area contributed by atoms with E-state index < -0.39 is 5.97 Å². The Balaban J connectivity index is 2.25. The van der Waals surface area contributed by atoms with Crippen molar-refractivity contribution in [3.8, 4) is 0 Å². The lowest BCUT2D eigenvalue weighted by atomic mass is 10.3. The van der Waals surface area contributed by atoms with Crippen LogP contribution in [0.1, 0.15) is 12.8 Å². The molecule has 1 rings (SSSR count). The molecule has 0 bridgehead atoms. The highest BCUT2D eigenvalue weighted by Crippen LogP contribution is 2.11. The van der Waals surface area contributed by atoms with E-state index in [1.54, 1.807) is 0 Å². The van der Waals surface area contributed by atoms with Crippen molar-refractivity contribution >= 4 is 24.3 Å². The van der Waals surface area contributed by atoms with E-state index in [0.717, 1.165) is 10.6 Å². The summed E-state index contributed by atoms with van der Waals surface area (Å²) in [6.45, 7) is 0.679. The number of anilines is 1. The van der Waals surface area contributed by atoms with Gasteiger partial charge < -0.3 is 10.4 Å². The normalized spacial score (nSPS) is 9.79. The van der Waals surface area contributed by atoms with Gasteiger partial charge >= 0.3 is 5.97 Å².